The zero-order valence-corrected chi connectivity index (χ0v) is 15.6. The Hall–Kier alpha value is -3.32. The summed E-state index contributed by atoms with van der Waals surface area (Å²) in [7, 11) is 1.58. The summed E-state index contributed by atoms with van der Waals surface area (Å²) in [6.07, 6.45) is 0. The number of benzene rings is 2. The minimum Gasteiger partial charge on any atom is -0.508 e. The van der Waals surface area contributed by atoms with E-state index in [-0.39, 0.29) is 17.4 Å². The molecule has 0 radical (unpaired) electrons. The number of phenols is 2. The van der Waals surface area contributed by atoms with E-state index in [1.165, 1.54) is 0 Å². The molecule has 28 heavy (non-hydrogen) atoms. The molecule has 1 aromatic heterocycles. The Kier molecular flexibility index (Phi) is 4.52. The van der Waals surface area contributed by atoms with Gasteiger partial charge in [0.05, 0.1) is 12.6 Å². The summed E-state index contributed by atoms with van der Waals surface area (Å²) in [5, 5.41) is 27.6. The van der Waals surface area contributed by atoms with E-state index in [0.29, 0.717) is 35.7 Å². The third-order valence-electron chi connectivity index (χ3n) is 4.99. The molecular weight excluding hydrogens is 358 g/mol. The number of aromatic hydroxyl groups is 2. The van der Waals surface area contributed by atoms with Crippen LogP contribution in [-0.4, -0.2) is 51.5 Å². The molecule has 1 atom stereocenters. The summed E-state index contributed by atoms with van der Waals surface area (Å²) in [6, 6.07) is 11.7. The maximum absolute atomic E-state index is 13.0. The van der Waals surface area contributed by atoms with E-state index >= 15 is 0 Å². The maximum Gasteiger partial charge on any atom is 0.273 e. The first kappa shape index (κ1) is 18.1. The molecule has 0 unspecified atom stereocenters. The van der Waals surface area contributed by atoms with Gasteiger partial charge in [-0.25, -0.2) is 0 Å². The van der Waals surface area contributed by atoms with Crippen molar-refractivity contribution in [2.24, 2.45) is 0 Å². The Morgan fingerprint density at radius 3 is 2.79 bits per heavy atom. The Bertz CT molecular complexity index is 1040. The number of fused-ring (bicyclic) bond motifs is 1. The van der Waals surface area contributed by atoms with Crippen LogP contribution in [-0.2, 0) is 4.74 Å². The summed E-state index contributed by atoms with van der Waals surface area (Å²) in [5.41, 5.74) is 3.90. The monoisotopic (exact) mass is 379 g/mol. The fourth-order valence-electron chi connectivity index (χ4n) is 3.70. The van der Waals surface area contributed by atoms with Gasteiger partial charge in [0, 0.05) is 24.8 Å². The molecule has 0 aliphatic carbocycles. The van der Waals surface area contributed by atoms with Crippen molar-refractivity contribution < 1.29 is 19.7 Å². The van der Waals surface area contributed by atoms with E-state index in [4.69, 9.17) is 4.74 Å². The summed E-state index contributed by atoms with van der Waals surface area (Å²) >= 11 is 0. The zero-order chi connectivity index (χ0) is 19.8. The molecule has 3 N–H and O–H groups in total. The minimum absolute atomic E-state index is 0.0948. The van der Waals surface area contributed by atoms with E-state index in [1.54, 1.807) is 36.3 Å². The van der Waals surface area contributed by atoms with Gasteiger partial charge in [0.25, 0.3) is 5.91 Å². The molecule has 3 aromatic rings. The number of ether oxygens (including phenoxy) is 1. The van der Waals surface area contributed by atoms with Crippen LogP contribution in [0.4, 0.5) is 0 Å². The summed E-state index contributed by atoms with van der Waals surface area (Å²) < 4.78 is 5.18. The smallest absolute Gasteiger partial charge is 0.273 e. The van der Waals surface area contributed by atoms with Crippen LogP contribution < -0.4 is 0 Å². The predicted octanol–water partition coefficient (Wildman–Crippen LogP) is 2.99. The molecule has 0 saturated carbocycles. The van der Waals surface area contributed by atoms with Gasteiger partial charge in [-0.3, -0.25) is 9.89 Å². The van der Waals surface area contributed by atoms with Crippen LogP contribution in [0.5, 0.6) is 11.5 Å². The van der Waals surface area contributed by atoms with Gasteiger partial charge in [0.1, 0.15) is 22.9 Å². The molecule has 1 amide bonds. The standard InChI is InChI=1S/C21H21N3O4/c1-12-6-7-16(26)15(10-12)18-17-19(23-22-18)21(27)24(8-9-28-2)20(17)13-4-3-5-14(25)11-13/h3-7,10-11,20,25-26H,8-9H2,1-2H3,(H,22,23)/t20-/m1/s1. The first-order chi connectivity index (χ1) is 13.5. The molecule has 2 heterocycles. The van der Waals surface area contributed by atoms with Crippen LogP contribution in [0.3, 0.4) is 0 Å². The van der Waals surface area contributed by atoms with Crippen LogP contribution in [0.1, 0.15) is 33.2 Å². The number of aromatic nitrogens is 2. The number of H-pyrrole nitrogens is 1. The van der Waals surface area contributed by atoms with E-state index in [1.807, 2.05) is 25.1 Å². The first-order valence-electron chi connectivity index (χ1n) is 8.98. The van der Waals surface area contributed by atoms with Gasteiger partial charge < -0.3 is 19.8 Å². The number of carbonyl (C=O) groups excluding carboxylic acids is 1. The van der Waals surface area contributed by atoms with Gasteiger partial charge >= 0.3 is 0 Å². The van der Waals surface area contributed by atoms with Crippen LogP contribution in [0.15, 0.2) is 42.5 Å². The number of hydrogen-bond acceptors (Lipinski definition) is 5. The molecule has 2 aromatic carbocycles. The number of phenolic OH excluding ortho intramolecular Hbond substituents is 2. The molecule has 0 saturated heterocycles. The molecule has 1 aliphatic heterocycles. The van der Waals surface area contributed by atoms with Crippen LogP contribution in [0.25, 0.3) is 11.3 Å². The summed E-state index contributed by atoms with van der Waals surface area (Å²) in [4.78, 5) is 14.7. The second-order valence-corrected chi connectivity index (χ2v) is 6.87. The normalized spacial score (nSPS) is 15.9. The molecular formula is C21H21N3O4. The van der Waals surface area contributed by atoms with Crippen molar-refractivity contribution in [3.8, 4) is 22.8 Å². The fraction of sp³-hybridized carbons (Fsp3) is 0.238. The van der Waals surface area contributed by atoms with E-state index in [2.05, 4.69) is 10.2 Å². The SMILES string of the molecule is COCCN1C(=O)c2[nH]nc(-c3cc(C)ccc3O)c2[C@H]1c1cccc(O)c1. The molecule has 7 heteroatoms. The highest BCUT2D eigenvalue weighted by molar-refractivity contribution is 6.00. The van der Waals surface area contributed by atoms with Crippen molar-refractivity contribution >= 4 is 5.91 Å². The Labute approximate surface area is 162 Å². The first-order valence-corrected chi connectivity index (χ1v) is 8.98. The van der Waals surface area contributed by atoms with Gasteiger partial charge in [0.15, 0.2) is 0 Å². The number of aryl methyl sites for hydroxylation is 1. The highest BCUT2D eigenvalue weighted by Gasteiger charge is 2.42. The van der Waals surface area contributed by atoms with Gasteiger partial charge in [0.2, 0.25) is 0 Å². The Morgan fingerprint density at radius 2 is 2.04 bits per heavy atom. The van der Waals surface area contributed by atoms with Gasteiger partial charge in [-0.15, -0.1) is 0 Å². The molecule has 0 bridgehead atoms. The van der Waals surface area contributed by atoms with E-state index in [0.717, 1.165) is 11.1 Å². The second kappa shape index (κ2) is 7.01. The average Bonchev–Trinajstić information content (AvgIpc) is 3.21. The van der Waals surface area contributed by atoms with Crippen LogP contribution in [0, 0.1) is 6.92 Å². The van der Waals surface area contributed by atoms with Crippen molar-refractivity contribution in [3.63, 3.8) is 0 Å². The predicted molar refractivity (Wildman–Crippen MR) is 103 cm³/mol. The lowest BCUT2D eigenvalue weighted by atomic mass is 9.95. The van der Waals surface area contributed by atoms with Crippen LogP contribution >= 0.6 is 0 Å². The van der Waals surface area contributed by atoms with Crippen molar-refractivity contribution in [1.29, 1.82) is 0 Å². The number of hydrogen-bond donors (Lipinski definition) is 3. The number of nitrogens with one attached hydrogen (secondary N) is 1. The molecule has 1 aliphatic rings. The van der Waals surface area contributed by atoms with Crippen molar-refractivity contribution in [1.82, 2.24) is 15.1 Å². The number of methoxy groups -OCH3 is 1. The lowest BCUT2D eigenvalue weighted by Crippen LogP contribution is -2.32. The highest BCUT2D eigenvalue weighted by Crippen LogP contribution is 2.44. The number of nitrogens with zero attached hydrogens (tertiary/aromatic N) is 2. The molecule has 4 rings (SSSR count). The third-order valence-corrected chi connectivity index (χ3v) is 4.99. The van der Waals surface area contributed by atoms with Crippen LogP contribution in [0.2, 0.25) is 0 Å². The van der Waals surface area contributed by atoms with Gasteiger partial charge in [-0.1, -0.05) is 23.8 Å². The second-order valence-electron chi connectivity index (χ2n) is 6.87. The zero-order valence-electron chi connectivity index (χ0n) is 15.6. The number of carbonyl (C=O) groups is 1. The lowest BCUT2D eigenvalue weighted by Gasteiger charge is -2.26. The van der Waals surface area contributed by atoms with Crippen molar-refractivity contribution in [3.05, 3.63) is 64.8 Å². The highest BCUT2D eigenvalue weighted by atomic mass is 16.5. The third kappa shape index (κ3) is 2.90. The molecule has 144 valence electrons. The van der Waals surface area contributed by atoms with Gasteiger partial charge in [-0.2, -0.15) is 5.10 Å². The summed E-state index contributed by atoms with van der Waals surface area (Å²) in [6.45, 7) is 2.69. The molecule has 7 nitrogen and oxygen atoms in total. The van der Waals surface area contributed by atoms with Gasteiger partial charge in [-0.05, 0) is 36.8 Å². The topological polar surface area (TPSA) is 98.7 Å². The van der Waals surface area contributed by atoms with Crippen molar-refractivity contribution in [2.75, 3.05) is 20.3 Å². The van der Waals surface area contributed by atoms with Crippen molar-refractivity contribution in [2.45, 2.75) is 13.0 Å². The quantitative estimate of drug-likeness (QED) is 0.633. The Morgan fingerprint density at radius 1 is 1.21 bits per heavy atom. The Balaban J connectivity index is 1.91. The average molecular weight is 379 g/mol. The van der Waals surface area contributed by atoms with E-state index < -0.39 is 6.04 Å². The molecule has 0 spiro atoms. The largest absolute Gasteiger partial charge is 0.508 e. The van der Waals surface area contributed by atoms with E-state index in [9.17, 15) is 15.0 Å². The number of rotatable bonds is 5. The summed E-state index contributed by atoms with van der Waals surface area (Å²) in [5.74, 6) is 0.0252. The minimum atomic E-state index is -0.446. The molecule has 0 fully saturated rings. The number of amides is 1. The maximum atomic E-state index is 13.0. The lowest BCUT2D eigenvalue weighted by molar-refractivity contribution is 0.0677. The fourth-order valence-corrected chi connectivity index (χ4v) is 3.70. The number of aromatic amines is 1.